The summed E-state index contributed by atoms with van der Waals surface area (Å²) in [6.07, 6.45) is 0. The Morgan fingerprint density at radius 2 is 1.86 bits per heavy atom. The van der Waals surface area contributed by atoms with E-state index in [1.165, 1.54) is 13.0 Å². The van der Waals surface area contributed by atoms with E-state index in [1.807, 2.05) is 42.5 Å². The number of benzene rings is 3. The van der Waals surface area contributed by atoms with Crippen molar-refractivity contribution in [2.75, 3.05) is 32.1 Å². The standard InChI is InChI=1S/C28H32FN3O3/c1-20(34)31-24-10-13-27(29)26(14-24)28(30-15-21-8-11-25(35-2)12-9-21)19-32(17-23(28)18-33)16-22-6-4-3-5-7-22/h3-14,23,30,33H,15-19H2,1-2H3,(H,31,34). The Balaban J connectivity index is 1.70. The van der Waals surface area contributed by atoms with Crippen LogP contribution in [0.2, 0.25) is 0 Å². The molecule has 0 aromatic heterocycles. The van der Waals surface area contributed by atoms with Crippen LogP contribution in [0.1, 0.15) is 23.6 Å². The molecule has 0 aliphatic carbocycles. The minimum Gasteiger partial charge on any atom is -0.497 e. The Hall–Kier alpha value is -3.26. The van der Waals surface area contributed by atoms with E-state index < -0.39 is 5.54 Å². The van der Waals surface area contributed by atoms with Crippen LogP contribution in [0.3, 0.4) is 0 Å². The lowest BCUT2D eigenvalue weighted by Crippen LogP contribution is -2.50. The number of methoxy groups -OCH3 is 1. The van der Waals surface area contributed by atoms with Crippen molar-refractivity contribution in [1.82, 2.24) is 10.2 Å². The van der Waals surface area contributed by atoms with Gasteiger partial charge in [0.25, 0.3) is 0 Å². The monoisotopic (exact) mass is 477 g/mol. The summed E-state index contributed by atoms with van der Waals surface area (Å²) in [5, 5.41) is 16.8. The minimum absolute atomic E-state index is 0.106. The fraction of sp³-hybridized carbons (Fsp3) is 0.321. The van der Waals surface area contributed by atoms with E-state index in [2.05, 4.69) is 27.7 Å². The summed E-state index contributed by atoms with van der Waals surface area (Å²) in [4.78, 5) is 13.9. The van der Waals surface area contributed by atoms with Crippen molar-refractivity contribution in [2.45, 2.75) is 25.6 Å². The van der Waals surface area contributed by atoms with Crippen LogP contribution in [0.5, 0.6) is 5.75 Å². The summed E-state index contributed by atoms with van der Waals surface area (Å²) in [6, 6.07) is 22.5. The number of amides is 1. The smallest absolute Gasteiger partial charge is 0.221 e. The number of likely N-dealkylation sites (tertiary alicyclic amines) is 1. The van der Waals surface area contributed by atoms with Gasteiger partial charge in [0.05, 0.1) is 12.6 Å². The maximum atomic E-state index is 15.4. The first-order valence-corrected chi connectivity index (χ1v) is 11.8. The number of anilines is 1. The first-order chi connectivity index (χ1) is 16.9. The van der Waals surface area contributed by atoms with Gasteiger partial charge in [-0.25, -0.2) is 4.39 Å². The molecule has 35 heavy (non-hydrogen) atoms. The van der Waals surface area contributed by atoms with Gasteiger partial charge in [0.1, 0.15) is 11.6 Å². The third-order valence-electron chi connectivity index (χ3n) is 6.65. The number of halogens is 1. The molecule has 6 nitrogen and oxygen atoms in total. The Kier molecular flexibility index (Phi) is 7.80. The molecule has 3 aromatic rings. The molecule has 1 aliphatic rings. The zero-order valence-corrected chi connectivity index (χ0v) is 20.1. The Bertz CT molecular complexity index is 1140. The van der Waals surface area contributed by atoms with Gasteiger partial charge in [-0.05, 0) is 41.5 Å². The van der Waals surface area contributed by atoms with Crippen molar-refractivity contribution in [2.24, 2.45) is 5.92 Å². The summed E-state index contributed by atoms with van der Waals surface area (Å²) >= 11 is 0. The second kappa shape index (κ2) is 11.0. The average Bonchev–Trinajstić information content (AvgIpc) is 3.22. The highest BCUT2D eigenvalue weighted by atomic mass is 19.1. The third kappa shape index (κ3) is 5.70. The molecule has 7 heteroatoms. The number of carbonyl (C=O) groups excluding carboxylic acids is 1. The molecule has 0 bridgehead atoms. The van der Waals surface area contributed by atoms with Crippen LogP contribution in [0.25, 0.3) is 0 Å². The van der Waals surface area contributed by atoms with Crippen molar-refractivity contribution in [3.63, 3.8) is 0 Å². The van der Waals surface area contributed by atoms with E-state index in [-0.39, 0.29) is 24.2 Å². The molecule has 4 rings (SSSR count). The summed E-state index contributed by atoms with van der Waals surface area (Å²) in [5.41, 5.74) is 2.27. The second-order valence-electron chi connectivity index (χ2n) is 9.08. The van der Waals surface area contributed by atoms with Crippen molar-refractivity contribution in [3.05, 3.63) is 95.3 Å². The molecule has 1 saturated heterocycles. The van der Waals surface area contributed by atoms with Crippen molar-refractivity contribution < 1.29 is 19.0 Å². The molecule has 0 radical (unpaired) electrons. The molecule has 1 aliphatic heterocycles. The quantitative estimate of drug-likeness (QED) is 0.436. The van der Waals surface area contributed by atoms with Gasteiger partial charge in [-0.3, -0.25) is 9.69 Å². The number of ether oxygens (including phenoxy) is 1. The number of aliphatic hydroxyl groups is 1. The zero-order chi connectivity index (χ0) is 24.8. The van der Waals surface area contributed by atoms with Gasteiger partial charge in [0.2, 0.25) is 5.91 Å². The SMILES string of the molecule is COc1ccc(CNC2(c3cc(NC(C)=O)ccc3F)CN(Cc3ccccc3)CC2CO)cc1. The number of nitrogens with zero attached hydrogens (tertiary/aromatic N) is 1. The van der Waals surface area contributed by atoms with Crippen LogP contribution in [0.4, 0.5) is 10.1 Å². The summed E-state index contributed by atoms with van der Waals surface area (Å²) in [7, 11) is 1.62. The zero-order valence-electron chi connectivity index (χ0n) is 20.1. The van der Waals surface area contributed by atoms with Gasteiger partial charge in [-0.2, -0.15) is 0 Å². The summed E-state index contributed by atoms with van der Waals surface area (Å²) in [6.45, 7) is 3.59. The largest absolute Gasteiger partial charge is 0.497 e. The molecular formula is C28H32FN3O3. The van der Waals surface area contributed by atoms with Crippen LogP contribution in [-0.2, 0) is 23.4 Å². The lowest BCUT2D eigenvalue weighted by molar-refractivity contribution is -0.114. The maximum absolute atomic E-state index is 15.4. The Labute approximate surface area is 205 Å². The van der Waals surface area contributed by atoms with E-state index >= 15 is 4.39 Å². The molecule has 2 atom stereocenters. The van der Waals surface area contributed by atoms with E-state index in [0.717, 1.165) is 16.9 Å². The van der Waals surface area contributed by atoms with Gasteiger partial charge in [-0.15, -0.1) is 0 Å². The lowest BCUT2D eigenvalue weighted by Gasteiger charge is -2.37. The normalized spacial score (nSPS) is 20.1. The average molecular weight is 478 g/mol. The number of nitrogens with one attached hydrogen (secondary N) is 2. The highest BCUT2D eigenvalue weighted by Crippen LogP contribution is 2.40. The van der Waals surface area contributed by atoms with E-state index in [0.29, 0.717) is 37.4 Å². The predicted molar refractivity (Wildman–Crippen MR) is 135 cm³/mol. The highest BCUT2D eigenvalue weighted by Gasteiger charge is 2.48. The molecule has 0 spiro atoms. The molecule has 1 amide bonds. The third-order valence-corrected chi connectivity index (χ3v) is 6.65. The number of hydrogen-bond acceptors (Lipinski definition) is 5. The first kappa shape index (κ1) is 24.9. The van der Waals surface area contributed by atoms with Crippen molar-refractivity contribution >= 4 is 11.6 Å². The molecule has 0 saturated carbocycles. The maximum Gasteiger partial charge on any atom is 0.221 e. The van der Waals surface area contributed by atoms with Gasteiger partial charge in [0.15, 0.2) is 0 Å². The van der Waals surface area contributed by atoms with Crippen LogP contribution in [0.15, 0.2) is 72.8 Å². The van der Waals surface area contributed by atoms with E-state index in [1.54, 1.807) is 19.2 Å². The minimum atomic E-state index is -0.859. The van der Waals surface area contributed by atoms with E-state index in [9.17, 15) is 9.90 Å². The molecule has 3 aromatic carbocycles. The van der Waals surface area contributed by atoms with Crippen LogP contribution in [0, 0.1) is 11.7 Å². The number of aliphatic hydroxyl groups excluding tert-OH is 1. The number of hydrogen-bond donors (Lipinski definition) is 3. The Morgan fingerprint density at radius 1 is 1.11 bits per heavy atom. The van der Waals surface area contributed by atoms with Gasteiger partial charge < -0.3 is 20.5 Å². The molecular weight excluding hydrogens is 445 g/mol. The molecule has 1 heterocycles. The first-order valence-electron chi connectivity index (χ1n) is 11.8. The number of carbonyl (C=O) groups is 1. The fourth-order valence-corrected chi connectivity index (χ4v) is 4.94. The molecule has 2 unspecified atom stereocenters. The fourth-order valence-electron chi connectivity index (χ4n) is 4.94. The van der Waals surface area contributed by atoms with E-state index in [4.69, 9.17) is 4.74 Å². The molecule has 184 valence electrons. The van der Waals surface area contributed by atoms with Gasteiger partial charge in [-0.1, -0.05) is 42.5 Å². The molecule has 3 N–H and O–H groups in total. The Morgan fingerprint density at radius 3 is 2.51 bits per heavy atom. The topological polar surface area (TPSA) is 73.8 Å². The number of rotatable bonds is 9. The van der Waals surface area contributed by atoms with Crippen LogP contribution in [-0.4, -0.2) is 42.7 Å². The summed E-state index contributed by atoms with van der Waals surface area (Å²) in [5.74, 6) is -0.0906. The van der Waals surface area contributed by atoms with Crippen LogP contribution < -0.4 is 15.4 Å². The predicted octanol–water partition coefficient (Wildman–Crippen LogP) is 3.90. The van der Waals surface area contributed by atoms with Crippen molar-refractivity contribution in [3.8, 4) is 5.75 Å². The van der Waals surface area contributed by atoms with Gasteiger partial charge in [0, 0.05) is 56.9 Å². The molecule has 1 fully saturated rings. The lowest BCUT2D eigenvalue weighted by atomic mass is 9.80. The second-order valence-corrected chi connectivity index (χ2v) is 9.08. The van der Waals surface area contributed by atoms with Gasteiger partial charge >= 0.3 is 0 Å². The highest BCUT2D eigenvalue weighted by molar-refractivity contribution is 5.88. The van der Waals surface area contributed by atoms with Crippen molar-refractivity contribution in [1.29, 1.82) is 0 Å². The van der Waals surface area contributed by atoms with Crippen LogP contribution >= 0.6 is 0 Å². The summed E-state index contributed by atoms with van der Waals surface area (Å²) < 4.78 is 20.7.